The Labute approximate surface area is 101 Å². The van der Waals surface area contributed by atoms with Gasteiger partial charge in [-0.1, -0.05) is 23.7 Å². The molecule has 2 nitrogen and oxygen atoms in total. The molecule has 0 amide bonds. The van der Waals surface area contributed by atoms with Gasteiger partial charge in [0.1, 0.15) is 6.61 Å². The van der Waals surface area contributed by atoms with E-state index in [1.807, 2.05) is 31.2 Å². The third kappa shape index (κ3) is 2.38. The minimum Gasteiger partial charge on any atom is -0.464 e. The van der Waals surface area contributed by atoms with E-state index in [2.05, 4.69) is 0 Å². The van der Waals surface area contributed by atoms with E-state index in [9.17, 15) is 4.79 Å². The van der Waals surface area contributed by atoms with Crippen molar-refractivity contribution in [3.63, 3.8) is 0 Å². The van der Waals surface area contributed by atoms with Crippen LogP contribution in [0.5, 0.6) is 0 Å². The summed E-state index contributed by atoms with van der Waals surface area (Å²) in [7, 11) is 0. The second-order valence-corrected chi connectivity index (χ2v) is 5.05. The molecular formula is C13H15ClO2. The first-order chi connectivity index (χ1) is 7.60. The zero-order chi connectivity index (χ0) is 11.6. The Kier molecular flexibility index (Phi) is 3.20. The van der Waals surface area contributed by atoms with Crippen LogP contribution in [0.15, 0.2) is 24.3 Å². The number of carbonyl (C=O) groups is 1. The van der Waals surface area contributed by atoms with Crippen LogP contribution in [0.2, 0.25) is 5.02 Å². The molecule has 1 heterocycles. The van der Waals surface area contributed by atoms with Gasteiger partial charge in [0.25, 0.3) is 0 Å². The van der Waals surface area contributed by atoms with Gasteiger partial charge in [-0.25, -0.2) is 0 Å². The zero-order valence-electron chi connectivity index (χ0n) is 9.33. The third-order valence-electron chi connectivity index (χ3n) is 3.12. The lowest BCUT2D eigenvalue weighted by molar-refractivity contribution is -0.184. The molecule has 1 aromatic carbocycles. The van der Waals surface area contributed by atoms with Crippen LogP contribution in [0.3, 0.4) is 0 Å². The second kappa shape index (κ2) is 4.46. The number of halogens is 1. The Morgan fingerprint density at radius 3 is 2.56 bits per heavy atom. The van der Waals surface area contributed by atoms with Crippen molar-refractivity contribution in [1.82, 2.24) is 0 Å². The predicted molar refractivity (Wildman–Crippen MR) is 63.5 cm³/mol. The summed E-state index contributed by atoms with van der Waals surface area (Å²) in [6.45, 7) is 2.55. The summed E-state index contributed by atoms with van der Waals surface area (Å²) in [6.07, 6.45) is 2.89. The maximum atomic E-state index is 11.2. The van der Waals surface area contributed by atoms with Crippen molar-refractivity contribution in [2.75, 3.05) is 6.61 Å². The second-order valence-electron chi connectivity index (χ2n) is 4.62. The van der Waals surface area contributed by atoms with Gasteiger partial charge in [-0.05, 0) is 43.9 Å². The Bertz CT molecular complexity index is 385. The van der Waals surface area contributed by atoms with Crippen molar-refractivity contribution in [2.24, 2.45) is 5.41 Å². The molecule has 1 fully saturated rings. The van der Waals surface area contributed by atoms with Gasteiger partial charge in [0.15, 0.2) is 0 Å². The van der Waals surface area contributed by atoms with Crippen molar-refractivity contribution in [3.05, 3.63) is 34.9 Å². The van der Waals surface area contributed by atoms with Crippen LogP contribution in [-0.2, 0) is 16.0 Å². The molecule has 1 saturated heterocycles. The van der Waals surface area contributed by atoms with Gasteiger partial charge in [0.2, 0.25) is 0 Å². The predicted octanol–water partition coefficient (Wildman–Crippen LogP) is 3.23. The molecule has 0 bridgehead atoms. The number of esters is 1. The fourth-order valence-electron chi connectivity index (χ4n) is 1.89. The normalized spacial score (nSPS) is 23.8. The highest BCUT2D eigenvalue weighted by atomic mass is 35.5. The average molecular weight is 239 g/mol. The lowest BCUT2D eigenvalue weighted by atomic mass is 9.82. The van der Waals surface area contributed by atoms with Crippen LogP contribution in [0.25, 0.3) is 0 Å². The van der Waals surface area contributed by atoms with Gasteiger partial charge >= 0.3 is 5.97 Å². The number of hydrogen-bond donors (Lipinski definition) is 0. The van der Waals surface area contributed by atoms with Crippen molar-refractivity contribution < 1.29 is 9.53 Å². The number of ether oxygens (including phenoxy) is 1. The van der Waals surface area contributed by atoms with Crippen molar-refractivity contribution in [3.8, 4) is 0 Å². The van der Waals surface area contributed by atoms with Gasteiger partial charge in [0.05, 0.1) is 5.41 Å². The molecule has 1 aliphatic heterocycles. The molecule has 1 aliphatic rings. The molecule has 0 aliphatic carbocycles. The van der Waals surface area contributed by atoms with Gasteiger partial charge in [-0.2, -0.15) is 0 Å². The molecule has 0 N–H and O–H groups in total. The SMILES string of the molecule is CC1(CCCc2ccc(Cl)cc2)COC1=O. The van der Waals surface area contributed by atoms with Gasteiger partial charge in [-0.3, -0.25) is 4.79 Å². The fraction of sp³-hybridized carbons (Fsp3) is 0.462. The third-order valence-corrected chi connectivity index (χ3v) is 3.37. The first-order valence-corrected chi connectivity index (χ1v) is 5.90. The number of benzene rings is 1. The lowest BCUT2D eigenvalue weighted by Gasteiger charge is -2.35. The Morgan fingerprint density at radius 1 is 1.38 bits per heavy atom. The van der Waals surface area contributed by atoms with Crippen LogP contribution in [0.4, 0.5) is 0 Å². The number of rotatable bonds is 4. The smallest absolute Gasteiger partial charge is 0.315 e. The minimum absolute atomic E-state index is 0.0522. The van der Waals surface area contributed by atoms with E-state index in [0.29, 0.717) is 6.61 Å². The summed E-state index contributed by atoms with van der Waals surface area (Å²) in [5.74, 6) is -0.0522. The number of cyclic esters (lactones) is 1. The highest BCUT2D eigenvalue weighted by molar-refractivity contribution is 6.30. The molecular weight excluding hydrogens is 224 g/mol. The molecule has 1 aromatic rings. The Balaban J connectivity index is 1.80. The van der Waals surface area contributed by atoms with Crippen LogP contribution < -0.4 is 0 Å². The standard InChI is InChI=1S/C13H15ClO2/c1-13(9-16-12(13)15)8-2-3-10-4-6-11(14)7-5-10/h4-7H,2-3,8-9H2,1H3. The molecule has 0 saturated carbocycles. The van der Waals surface area contributed by atoms with E-state index in [1.165, 1.54) is 5.56 Å². The topological polar surface area (TPSA) is 26.3 Å². The zero-order valence-corrected chi connectivity index (χ0v) is 10.1. The molecule has 0 spiro atoms. The average Bonchev–Trinajstić information content (AvgIpc) is 2.29. The minimum atomic E-state index is -0.230. The monoisotopic (exact) mass is 238 g/mol. The number of aryl methyl sites for hydroxylation is 1. The van der Waals surface area contributed by atoms with Crippen molar-refractivity contribution in [1.29, 1.82) is 0 Å². The summed E-state index contributed by atoms with van der Waals surface area (Å²) < 4.78 is 4.81. The lowest BCUT2D eigenvalue weighted by Crippen LogP contribution is -2.45. The summed E-state index contributed by atoms with van der Waals surface area (Å²) in [4.78, 5) is 11.2. The molecule has 16 heavy (non-hydrogen) atoms. The molecule has 86 valence electrons. The maximum absolute atomic E-state index is 11.2. The molecule has 0 radical (unpaired) electrons. The number of hydrogen-bond acceptors (Lipinski definition) is 2. The highest BCUT2D eigenvalue weighted by Crippen LogP contribution is 2.33. The van der Waals surface area contributed by atoms with Crippen LogP contribution in [0, 0.1) is 5.41 Å². The van der Waals surface area contributed by atoms with E-state index in [-0.39, 0.29) is 11.4 Å². The summed E-state index contributed by atoms with van der Waals surface area (Å²) in [5.41, 5.74) is 1.03. The maximum Gasteiger partial charge on any atom is 0.315 e. The largest absolute Gasteiger partial charge is 0.464 e. The van der Waals surface area contributed by atoms with E-state index in [0.717, 1.165) is 24.3 Å². The van der Waals surface area contributed by atoms with Gasteiger partial charge < -0.3 is 4.74 Å². The molecule has 1 atom stereocenters. The summed E-state index contributed by atoms with van der Waals surface area (Å²) >= 11 is 5.81. The van der Waals surface area contributed by atoms with Crippen molar-refractivity contribution >= 4 is 17.6 Å². The van der Waals surface area contributed by atoms with E-state index in [1.54, 1.807) is 0 Å². The Hall–Kier alpha value is -1.02. The van der Waals surface area contributed by atoms with Crippen LogP contribution >= 0.6 is 11.6 Å². The molecule has 0 aromatic heterocycles. The Morgan fingerprint density at radius 2 is 2.06 bits per heavy atom. The molecule has 2 rings (SSSR count). The first-order valence-electron chi connectivity index (χ1n) is 5.52. The van der Waals surface area contributed by atoms with Crippen LogP contribution in [0.1, 0.15) is 25.3 Å². The first kappa shape index (κ1) is 11.5. The molecule has 3 heteroatoms. The number of carbonyl (C=O) groups excluding carboxylic acids is 1. The van der Waals surface area contributed by atoms with E-state index in [4.69, 9.17) is 16.3 Å². The highest BCUT2D eigenvalue weighted by Gasteiger charge is 2.43. The quantitative estimate of drug-likeness (QED) is 0.753. The summed E-state index contributed by atoms with van der Waals surface area (Å²) in [5, 5.41) is 0.762. The summed E-state index contributed by atoms with van der Waals surface area (Å²) in [6, 6.07) is 7.86. The van der Waals surface area contributed by atoms with E-state index < -0.39 is 0 Å². The van der Waals surface area contributed by atoms with Crippen molar-refractivity contribution in [2.45, 2.75) is 26.2 Å². The van der Waals surface area contributed by atoms with E-state index >= 15 is 0 Å². The molecule has 1 unspecified atom stereocenters. The van der Waals surface area contributed by atoms with Gasteiger partial charge in [0, 0.05) is 5.02 Å². The fourth-order valence-corrected chi connectivity index (χ4v) is 2.01. The van der Waals surface area contributed by atoms with Crippen LogP contribution in [-0.4, -0.2) is 12.6 Å². The van der Waals surface area contributed by atoms with Gasteiger partial charge in [-0.15, -0.1) is 0 Å².